The van der Waals surface area contributed by atoms with E-state index in [1.165, 1.54) is 4.57 Å². The van der Waals surface area contributed by atoms with Crippen LogP contribution in [0.5, 0.6) is 0 Å². The first-order valence-electron chi connectivity index (χ1n) is 6.83. The fourth-order valence-electron chi connectivity index (χ4n) is 2.51. The second-order valence-electron chi connectivity index (χ2n) is 5.38. The molecule has 0 aliphatic rings. The molecule has 6 nitrogen and oxygen atoms in total. The number of nitrogens with two attached hydrogens (primary N) is 1. The van der Waals surface area contributed by atoms with E-state index < -0.39 is 0 Å². The van der Waals surface area contributed by atoms with E-state index in [1.54, 1.807) is 30.1 Å². The van der Waals surface area contributed by atoms with Crippen LogP contribution in [0.4, 0.5) is 0 Å². The summed E-state index contributed by atoms with van der Waals surface area (Å²) >= 11 is 6.11. The first-order valence-corrected chi connectivity index (χ1v) is 7.21. The van der Waals surface area contributed by atoms with Gasteiger partial charge in [0.05, 0.1) is 22.7 Å². The van der Waals surface area contributed by atoms with E-state index in [-0.39, 0.29) is 11.6 Å². The Labute approximate surface area is 132 Å². The minimum Gasteiger partial charge on any atom is -0.324 e. The second kappa shape index (κ2) is 5.23. The number of hydrogen-bond donors (Lipinski definition) is 1. The molecule has 0 amide bonds. The lowest BCUT2D eigenvalue weighted by Crippen LogP contribution is -2.21. The number of aryl methyl sites for hydroxylation is 1. The Morgan fingerprint density at radius 3 is 2.64 bits per heavy atom. The van der Waals surface area contributed by atoms with Crippen LogP contribution >= 0.6 is 11.6 Å². The SMILES string of the molecule is C[C@@H](N)c1cc(Cl)cc2c(=O)n(C)c(-c3cnn(C)c3)nc12. The maximum Gasteiger partial charge on any atom is 0.261 e. The number of aromatic nitrogens is 4. The van der Waals surface area contributed by atoms with Crippen molar-refractivity contribution < 1.29 is 0 Å². The molecule has 0 fully saturated rings. The predicted octanol–water partition coefficient (Wildman–Crippen LogP) is 2.01. The number of halogens is 1. The van der Waals surface area contributed by atoms with Gasteiger partial charge in [-0.2, -0.15) is 5.10 Å². The molecule has 3 aromatic rings. The second-order valence-corrected chi connectivity index (χ2v) is 5.82. The number of benzene rings is 1. The van der Waals surface area contributed by atoms with E-state index in [0.29, 0.717) is 21.7 Å². The Kier molecular flexibility index (Phi) is 3.50. The van der Waals surface area contributed by atoms with Gasteiger partial charge in [-0.1, -0.05) is 11.6 Å². The summed E-state index contributed by atoms with van der Waals surface area (Å²) in [6.45, 7) is 1.84. The van der Waals surface area contributed by atoms with Gasteiger partial charge in [-0.05, 0) is 24.6 Å². The van der Waals surface area contributed by atoms with Crippen molar-refractivity contribution in [2.24, 2.45) is 19.8 Å². The summed E-state index contributed by atoms with van der Waals surface area (Å²) in [7, 11) is 3.50. The molecule has 2 heterocycles. The Balaban J connectivity index is 2.42. The zero-order chi connectivity index (χ0) is 16.0. The maximum absolute atomic E-state index is 12.7. The lowest BCUT2D eigenvalue weighted by Gasteiger charge is -2.13. The summed E-state index contributed by atoms with van der Waals surface area (Å²) in [5, 5.41) is 5.08. The average molecular weight is 318 g/mol. The van der Waals surface area contributed by atoms with Gasteiger partial charge in [0.2, 0.25) is 0 Å². The largest absolute Gasteiger partial charge is 0.324 e. The van der Waals surface area contributed by atoms with Crippen molar-refractivity contribution in [3.05, 3.63) is 45.5 Å². The summed E-state index contributed by atoms with van der Waals surface area (Å²) < 4.78 is 3.17. The van der Waals surface area contributed by atoms with Gasteiger partial charge in [-0.25, -0.2) is 4.98 Å². The first-order chi connectivity index (χ1) is 10.4. The lowest BCUT2D eigenvalue weighted by atomic mass is 10.0. The summed E-state index contributed by atoms with van der Waals surface area (Å²) in [5.41, 5.74) is 7.96. The molecule has 0 saturated carbocycles. The highest BCUT2D eigenvalue weighted by atomic mass is 35.5. The highest BCUT2D eigenvalue weighted by molar-refractivity contribution is 6.31. The van der Waals surface area contributed by atoms with Crippen molar-refractivity contribution in [1.82, 2.24) is 19.3 Å². The summed E-state index contributed by atoms with van der Waals surface area (Å²) in [6.07, 6.45) is 3.49. The van der Waals surface area contributed by atoms with Crippen LogP contribution in [0.2, 0.25) is 5.02 Å². The van der Waals surface area contributed by atoms with Gasteiger partial charge in [-0.15, -0.1) is 0 Å². The molecule has 0 spiro atoms. The van der Waals surface area contributed by atoms with Crippen molar-refractivity contribution in [2.75, 3.05) is 0 Å². The molecule has 0 aliphatic carbocycles. The van der Waals surface area contributed by atoms with Crippen LogP contribution < -0.4 is 11.3 Å². The molecule has 2 aromatic heterocycles. The molecule has 114 valence electrons. The topological polar surface area (TPSA) is 78.7 Å². The molecule has 1 aromatic carbocycles. The van der Waals surface area contributed by atoms with Crippen LogP contribution in [0.3, 0.4) is 0 Å². The van der Waals surface area contributed by atoms with Gasteiger partial charge in [-0.3, -0.25) is 14.0 Å². The van der Waals surface area contributed by atoms with Crippen molar-refractivity contribution in [2.45, 2.75) is 13.0 Å². The van der Waals surface area contributed by atoms with Crippen LogP contribution in [0, 0.1) is 0 Å². The van der Waals surface area contributed by atoms with E-state index in [2.05, 4.69) is 10.1 Å². The van der Waals surface area contributed by atoms with Gasteiger partial charge in [0.1, 0.15) is 5.82 Å². The van der Waals surface area contributed by atoms with Crippen molar-refractivity contribution in [1.29, 1.82) is 0 Å². The number of rotatable bonds is 2. The fourth-order valence-corrected chi connectivity index (χ4v) is 2.73. The van der Waals surface area contributed by atoms with Crippen LogP contribution in [0.1, 0.15) is 18.5 Å². The van der Waals surface area contributed by atoms with E-state index in [4.69, 9.17) is 17.3 Å². The molecule has 2 N–H and O–H groups in total. The Bertz CT molecular complexity index is 926. The third-order valence-corrected chi connectivity index (χ3v) is 3.85. The monoisotopic (exact) mass is 317 g/mol. The number of fused-ring (bicyclic) bond motifs is 1. The van der Waals surface area contributed by atoms with E-state index in [1.807, 2.05) is 20.2 Å². The standard InChI is InChI=1S/C15H16ClN5O/c1-8(17)11-4-10(16)5-12-13(11)19-14(21(3)15(12)22)9-6-18-20(2)7-9/h4-8H,17H2,1-3H3/t8-/m1/s1. The molecule has 0 radical (unpaired) electrons. The minimum atomic E-state index is -0.275. The molecule has 0 saturated heterocycles. The zero-order valence-electron chi connectivity index (χ0n) is 12.5. The van der Waals surface area contributed by atoms with Crippen molar-refractivity contribution >= 4 is 22.5 Å². The Morgan fingerprint density at radius 2 is 2.05 bits per heavy atom. The highest BCUT2D eigenvalue weighted by Gasteiger charge is 2.16. The molecule has 1 atom stereocenters. The van der Waals surface area contributed by atoms with Crippen LogP contribution in [0.25, 0.3) is 22.3 Å². The normalized spacial score (nSPS) is 12.8. The molecule has 0 bridgehead atoms. The predicted molar refractivity (Wildman–Crippen MR) is 86.8 cm³/mol. The van der Waals surface area contributed by atoms with Crippen molar-refractivity contribution in [3.8, 4) is 11.4 Å². The van der Waals surface area contributed by atoms with E-state index in [9.17, 15) is 4.79 Å². The van der Waals surface area contributed by atoms with Crippen molar-refractivity contribution in [3.63, 3.8) is 0 Å². The lowest BCUT2D eigenvalue weighted by molar-refractivity contribution is 0.767. The molecule has 0 aliphatic heterocycles. The third-order valence-electron chi connectivity index (χ3n) is 3.63. The van der Waals surface area contributed by atoms with Crippen LogP contribution in [-0.2, 0) is 14.1 Å². The van der Waals surface area contributed by atoms with Gasteiger partial charge >= 0.3 is 0 Å². The highest BCUT2D eigenvalue weighted by Crippen LogP contribution is 2.26. The van der Waals surface area contributed by atoms with Gasteiger partial charge < -0.3 is 5.73 Å². The number of nitrogens with zero attached hydrogens (tertiary/aromatic N) is 4. The zero-order valence-corrected chi connectivity index (χ0v) is 13.3. The summed E-state index contributed by atoms with van der Waals surface area (Å²) in [5.74, 6) is 0.551. The molecule has 3 rings (SSSR count). The van der Waals surface area contributed by atoms with Crippen LogP contribution in [0.15, 0.2) is 29.3 Å². The van der Waals surface area contributed by atoms with E-state index in [0.717, 1.165) is 11.1 Å². The Morgan fingerprint density at radius 1 is 1.32 bits per heavy atom. The van der Waals surface area contributed by atoms with Gasteiger partial charge in [0.25, 0.3) is 5.56 Å². The first kappa shape index (κ1) is 14.7. The molecular formula is C15H16ClN5O. The Hall–Kier alpha value is -2.18. The molecule has 0 unspecified atom stereocenters. The summed E-state index contributed by atoms with van der Waals surface area (Å²) in [6, 6.07) is 3.11. The fraction of sp³-hybridized carbons (Fsp3) is 0.267. The van der Waals surface area contributed by atoms with E-state index >= 15 is 0 Å². The minimum absolute atomic E-state index is 0.159. The average Bonchev–Trinajstić information content (AvgIpc) is 2.88. The van der Waals surface area contributed by atoms with Crippen LogP contribution in [-0.4, -0.2) is 19.3 Å². The molecule has 22 heavy (non-hydrogen) atoms. The maximum atomic E-state index is 12.7. The third kappa shape index (κ3) is 2.30. The smallest absolute Gasteiger partial charge is 0.261 e. The van der Waals surface area contributed by atoms with Gasteiger partial charge in [0, 0.05) is 31.4 Å². The quantitative estimate of drug-likeness (QED) is 0.784. The summed E-state index contributed by atoms with van der Waals surface area (Å²) in [4.78, 5) is 17.3. The van der Waals surface area contributed by atoms with Gasteiger partial charge in [0.15, 0.2) is 0 Å². The molecule has 7 heteroatoms. The molecular weight excluding hydrogens is 302 g/mol. The number of hydrogen-bond acceptors (Lipinski definition) is 4.